The van der Waals surface area contributed by atoms with Gasteiger partial charge in [0.2, 0.25) is 5.91 Å². The predicted molar refractivity (Wildman–Crippen MR) is 78.1 cm³/mol. The van der Waals surface area contributed by atoms with Gasteiger partial charge in [0, 0.05) is 6.42 Å². The number of thioether (sulfide) groups is 1. The zero-order chi connectivity index (χ0) is 14.5. The number of ether oxygens (including phenoxy) is 1. The quantitative estimate of drug-likeness (QED) is 0.807. The first-order valence-electron chi connectivity index (χ1n) is 6.88. The third-order valence-corrected chi connectivity index (χ3v) is 4.00. The van der Waals surface area contributed by atoms with E-state index in [4.69, 9.17) is 4.74 Å². The molecule has 1 N–H and O–H groups in total. The Morgan fingerprint density at radius 2 is 1.89 bits per heavy atom. The summed E-state index contributed by atoms with van der Waals surface area (Å²) >= 11 is 1.95. The van der Waals surface area contributed by atoms with E-state index in [0.29, 0.717) is 12.3 Å². The van der Waals surface area contributed by atoms with Crippen molar-refractivity contribution in [3.8, 4) is 0 Å². The molecule has 1 heterocycles. The number of carbonyl (C=O) groups excluding carboxylic acids is 2. The van der Waals surface area contributed by atoms with Crippen molar-refractivity contribution in [2.75, 3.05) is 11.5 Å². The van der Waals surface area contributed by atoms with Crippen LogP contribution >= 0.6 is 11.8 Å². The first-order chi connectivity index (χ1) is 8.78. The normalized spacial score (nSPS) is 18.7. The molecule has 0 saturated carbocycles. The second-order valence-corrected chi connectivity index (χ2v) is 7.31. The van der Waals surface area contributed by atoms with Gasteiger partial charge in [-0.15, -0.1) is 0 Å². The second-order valence-electron chi connectivity index (χ2n) is 6.08. The molecule has 5 heteroatoms. The van der Waals surface area contributed by atoms with E-state index in [1.54, 1.807) is 6.92 Å². The highest BCUT2D eigenvalue weighted by molar-refractivity contribution is 7.99. The molecule has 0 aromatic rings. The molecule has 110 valence electrons. The monoisotopic (exact) mass is 287 g/mol. The van der Waals surface area contributed by atoms with Crippen LogP contribution in [0.15, 0.2) is 0 Å². The molecule has 0 aromatic heterocycles. The zero-order valence-corrected chi connectivity index (χ0v) is 13.1. The summed E-state index contributed by atoms with van der Waals surface area (Å²) in [5.41, 5.74) is -0.517. The van der Waals surface area contributed by atoms with Crippen LogP contribution in [0, 0.1) is 5.92 Å². The minimum absolute atomic E-state index is 0.0461. The molecule has 1 atom stereocenters. The van der Waals surface area contributed by atoms with E-state index in [2.05, 4.69) is 5.32 Å². The third kappa shape index (κ3) is 6.85. The third-order valence-electron chi connectivity index (χ3n) is 2.95. The smallest absolute Gasteiger partial charge is 0.328 e. The molecule has 1 saturated heterocycles. The number of hydrogen-bond acceptors (Lipinski definition) is 4. The average Bonchev–Trinajstić information content (AvgIpc) is 2.27. The summed E-state index contributed by atoms with van der Waals surface area (Å²) in [5, 5.41) is 2.73. The average molecular weight is 287 g/mol. The van der Waals surface area contributed by atoms with Crippen LogP contribution in [-0.2, 0) is 14.3 Å². The second kappa shape index (κ2) is 7.17. The molecule has 0 bridgehead atoms. The molecule has 1 amide bonds. The van der Waals surface area contributed by atoms with E-state index < -0.39 is 11.6 Å². The lowest BCUT2D eigenvalue weighted by Crippen LogP contribution is -2.42. The van der Waals surface area contributed by atoms with Gasteiger partial charge in [-0.3, -0.25) is 4.79 Å². The summed E-state index contributed by atoms with van der Waals surface area (Å²) < 4.78 is 5.23. The van der Waals surface area contributed by atoms with Crippen molar-refractivity contribution in [2.45, 2.75) is 58.6 Å². The Hall–Kier alpha value is -0.710. The van der Waals surface area contributed by atoms with E-state index >= 15 is 0 Å². The predicted octanol–water partition coefficient (Wildman–Crippen LogP) is 2.37. The van der Waals surface area contributed by atoms with Crippen LogP contribution < -0.4 is 5.32 Å². The van der Waals surface area contributed by atoms with Crippen LogP contribution in [0.5, 0.6) is 0 Å². The molecule has 4 nitrogen and oxygen atoms in total. The fourth-order valence-electron chi connectivity index (χ4n) is 1.96. The number of rotatable bonds is 4. The molecule has 0 unspecified atom stereocenters. The highest BCUT2D eigenvalue weighted by Crippen LogP contribution is 2.25. The lowest BCUT2D eigenvalue weighted by molar-refractivity contribution is -0.158. The summed E-state index contributed by atoms with van der Waals surface area (Å²) in [6.45, 7) is 7.13. The maximum atomic E-state index is 11.9. The Balaban J connectivity index is 2.32. The lowest BCUT2D eigenvalue weighted by Gasteiger charge is -2.24. The molecule has 1 aliphatic rings. The van der Waals surface area contributed by atoms with Crippen molar-refractivity contribution < 1.29 is 14.3 Å². The first kappa shape index (κ1) is 16.3. The minimum atomic E-state index is -0.579. The van der Waals surface area contributed by atoms with Crippen LogP contribution in [0.4, 0.5) is 0 Å². The first-order valence-corrected chi connectivity index (χ1v) is 8.03. The topological polar surface area (TPSA) is 55.4 Å². The van der Waals surface area contributed by atoms with E-state index in [1.807, 2.05) is 32.5 Å². The number of esters is 1. The van der Waals surface area contributed by atoms with Crippen molar-refractivity contribution in [1.29, 1.82) is 0 Å². The Kier molecular flexibility index (Phi) is 6.17. The molecule has 1 aliphatic heterocycles. The van der Waals surface area contributed by atoms with Gasteiger partial charge in [0.25, 0.3) is 0 Å². The fourth-order valence-corrected chi connectivity index (χ4v) is 3.17. The van der Waals surface area contributed by atoms with Gasteiger partial charge in [0.1, 0.15) is 11.6 Å². The van der Waals surface area contributed by atoms with Crippen LogP contribution in [0.1, 0.15) is 47.0 Å². The van der Waals surface area contributed by atoms with Crippen LogP contribution in [-0.4, -0.2) is 35.0 Å². The molecule has 0 spiro atoms. The van der Waals surface area contributed by atoms with Gasteiger partial charge in [-0.25, -0.2) is 4.79 Å². The molecule has 19 heavy (non-hydrogen) atoms. The summed E-state index contributed by atoms with van der Waals surface area (Å²) in [7, 11) is 0. The maximum absolute atomic E-state index is 11.9. The molecule has 0 aliphatic carbocycles. The molecule has 1 fully saturated rings. The Bertz CT molecular complexity index is 319. The molecular formula is C14H25NO3S. The molecular weight excluding hydrogens is 262 g/mol. The van der Waals surface area contributed by atoms with Crippen molar-refractivity contribution in [3.63, 3.8) is 0 Å². The number of carbonyl (C=O) groups is 2. The molecule has 0 radical (unpaired) electrons. The van der Waals surface area contributed by atoms with Crippen molar-refractivity contribution in [3.05, 3.63) is 0 Å². The van der Waals surface area contributed by atoms with Crippen molar-refractivity contribution in [1.82, 2.24) is 5.32 Å². The SMILES string of the molecule is C[C@H](NC(=O)CC1CCSCC1)C(=O)OC(C)(C)C. The van der Waals surface area contributed by atoms with E-state index in [-0.39, 0.29) is 11.9 Å². The molecule has 0 aromatic carbocycles. The van der Waals surface area contributed by atoms with Crippen LogP contribution in [0.3, 0.4) is 0 Å². The van der Waals surface area contributed by atoms with Crippen molar-refractivity contribution >= 4 is 23.6 Å². The maximum Gasteiger partial charge on any atom is 0.328 e. The van der Waals surface area contributed by atoms with E-state index in [0.717, 1.165) is 24.3 Å². The van der Waals surface area contributed by atoms with E-state index in [9.17, 15) is 9.59 Å². The van der Waals surface area contributed by atoms with Gasteiger partial charge in [0.15, 0.2) is 0 Å². The Morgan fingerprint density at radius 3 is 2.42 bits per heavy atom. The van der Waals surface area contributed by atoms with E-state index in [1.165, 1.54) is 0 Å². The number of amides is 1. The highest BCUT2D eigenvalue weighted by atomic mass is 32.2. The van der Waals surface area contributed by atoms with Crippen LogP contribution in [0.25, 0.3) is 0 Å². The minimum Gasteiger partial charge on any atom is -0.458 e. The van der Waals surface area contributed by atoms with Gasteiger partial charge in [-0.1, -0.05) is 0 Å². The summed E-state index contributed by atoms with van der Waals surface area (Å²) in [5.74, 6) is 2.32. The number of nitrogens with one attached hydrogen (secondary N) is 1. The Morgan fingerprint density at radius 1 is 1.32 bits per heavy atom. The fraction of sp³-hybridized carbons (Fsp3) is 0.857. The van der Waals surface area contributed by atoms with Gasteiger partial charge in [0.05, 0.1) is 0 Å². The number of hydrogen-bond donors (Lipinski definition) is 1. The highest BCUT2D eigenvalue weighted by Gasteiger charge is 2.24. The Labute approximate surface area is 120 Å². The molecule has 1 rings (SSSR count). The van der Waals surface area contributed by atoms with Crippen molar-refractivity contribution in [2.24, 2.45) is 5.92 Å². The summed E-state index contributed by atoms with van der Waals surface area (Å²) in [4.78, 5) is 23.6. The lowest BCUT2D eigenvalue weighted by atomic mass is 9.98. The van der Waals surface area contributed by atoms with Crippen LogP contribution in [0.2, 0.25) is 0 Å². The van der Waals surface area contributed by atoms with Gasteiger partial charge >= 0.3 is 5.97 Å². The van der Waals surface area contributed by atoms with Gasteiger partial charge in [-0.05, 0) is 58.0 Å². The largest absolute Gasteiger partial charge is 0.458 e. The summed E-state index contributed by atoms with van der Waals surface area (Å²) in [6, 6.07) is -0.579. The van der Waals surface area contributed by atoms with Gasteiger partial charge < -0.3 is 10.1 Å². The standard InChI is InChI=1S/C14H25NO3S/c1-10(13(17)18-14(2,3)4)15-12(16)9-11-5-7-19-8-6-11/h10-11H,5-9H2,1-4H3,(H,15,16)/t10-/m0/s1. The van der Waals surface area contributed by atoms with Gasteiger partial charge in [-0.2, -0.15) is 11.8 Å². The summed E-state index contributed by atoms with van der Waals surface area (Å²) in [6.07, 6.45) is 2.71. The zero-order valence-electron chi connectivity index (χ0n) is 12.3.